The van der Waals surface area contributed by atoms with E-state index in [0.717, 1.165) is 29.7 Å². The maximum atomic E-state index is 5.98. The summed E-state index contributed by atoms with van der Waals surface area (Å²) < 4.78 is 0. The Labute approximate surface area is 115 Å². The first kappa shape index (κ1) is 13.8. The van der Waals surface area contributed by atoms with Gasteiger partial charge in [-0.25, -0.2) is 0 Å². The van der Waals surface area contributed by atoms with E-state index >= 15 is 0 Å². The van der Waals surface area contributed by atoms with Crippen molar-refractivity contribution in [3.8, 4) is 0 Å². The van der Waals surface area contributed by atoms with Gasteiger partial charge in [-0.15, -0.1) is 0 Å². The molecular weight excluding hydrogens is 246 g/mol. The van der Waals surface area contributed by atoms with E-state index in [1.807, 2.05) is 12.1 Å². The molecule has 4 heteroatoms. The predicted molar refractivity (Wildman–Crippen MR) is 75.8 cm³/mol. The van der Waals surface area contributed by atoms with Gasteiger partial charge in [-0.1, -0.05) is 18.5 Å². The average molecular weight is 268 g/mol. The zero-order chi connectivity index (χ0) is 12.8. The molecule has 2 rings (SSSR count). The van der Waals surface area contributed by atoms with Crippen LogP contribution in [0.3, 0.4) is 0 Å². The molecule has 1 N–H and O–H groups in total. The zero-order valence-electron chi connectivity index (χ0n) is 11.0. The van der Waals surface area contributed by atoms with Gasteiger partial charge in [0.1, 0.15) is 0 Å². The number of pyridine rings is 1. The first-order chi connectivity index (χ1) is 8.78. The van der Waals surface area contributed by atoms with Gasteiger partial charge in [0.25, 0.3) is 0 Å². The Morgan fingerprint density at radius 1 is 1.44 bits per heavy atom. The third kappa shape index (κ3) is 4.23. The molecule has 1 saturated heterocycles. The molecule has 1 aromatic rings. The Balaban J connectivity index is 1.76. The largest absolute Gasteiger partial charge is 0.317 e. The minimum Gasteiger partial charge on any atom is -0.317 e. The SMILES string of the molecule is CCNCC1CCN(Cc2cc(Cl)ccn2)CC1. The van der Waals surface area contributed by atoms with Crippen LogP contribution in [0.25, 0.3) is 0 Å². The van der Waals surface area contributed by atoms with Gasteiger partial charge in [-0.3, -0.25) is 9.88 Å². The second-order valence-electron chi connectivity index (χ2n) is 4.99. The number of rotatable bonds is 5. The summed E-state index contributed by atoms with van der Waals surface area (Å²) >= 11 is 5.98. The number of hydrogen-bond donors (Lipinski definition) is 1. The Morgan fingerprint density at radius 2 is 2.22 bits per heavy atom. The van der Waals surface area contributed by atoms with Crippen molar-refractivity contribution < 1.29 is 0 Å². The van der Waals surface area contributed by atoms with Crippen LogP contribution in [0.4, 0.5) is 0 Å². The molecule has 0 unspecified atom stereocenters. The van der Waals surface area contributed by atoms with Crippen LogP contribution in [0, 0.1) is 5.92 Å². The van der Waals surface area contributed by atoms with Crippen LogP contribution in [-0.2, 0) is 6.54 Å². The van der Waals surface area contributed by atoms with E-state index in [-0.39, 0.29) is 0 Å². The molecule has 0 atom stereocenters. The zero-order valence-corrected chi connectivity index (χ0v) is 11.8. The van der Waals surface area contributed by atoms with E-state index < -0.39 is 0 Å². The highest BCUT2D eigenvalue weighted by Gasteiger charge is 2.18. The third-order valence-corrected chi connectivity index (χ3v) is 3.79. The van der Waals surface area contributed by atoms with Gasteiger partial charge < -0.3 is 5.32 Å². The summed E-state index contributed by atoms with van der Waals surface area (Å²) in [5.41, 5.74) is 1.08. The fraction of sp³-hybridized carbons (Fsp3) is 0.643. The molecule has 1 fully saturated rings. The van der Waals surface area contributed by atoms with Gasteiger partial charge in [-0.05, 0) is 57.1 Å². The lowest BCUT2D eigenvalue weighted by Gasteiger charge is -2.31. The fourth-order valence-corrected chi connectivity index (χ4v) is 2.64. The molecule has 1 aliphatic rings. The molecule has 1 aliphatic heterocycles. The Hall–Kier alpha value is -0.640. The molecule has 0 saturated carbocycles. The summed E-state index contributed by atoms with van der Waals surface area (Å²) in [6, 6.07) is 3.79. The number of piperidine rings is 1. The number of hydrogen-bond acceptors (Lipinski definition) is 3. The maximum Gasteiger partial charge on any atom is 0.0558 e. The summed E-state index contributed by atoms with van der Waals surface area (Å²) in [5.74, 6) is 0.841. The van der Waals surface area contributed by atoms with Crippen molar-refractivity contribution in [3.05, 3.63) is 29.0 Å². The van der Waals surface area contributed by atoms with E-state index in [0.29, 0.717) is 0 Å². The van der Waals surface area contributed by atoms with Gasteiger partial charge in [0.2, 0.25) is 0 Å². The van der Waals surface area contributed by atoms with Crippen LogP contribution in [-0.4, -0.2) is 36.1 Å². The lowest BCUT2D eigenvalue weighted by atomic mass is 9.96. The fourth-order valence-electron chi connectivity index (χ4n) is 2.46. The van der Waals surface area contributed by atoms with Crippen molar-refractivity contribution in [2.24, 2.45) is 5.92 Å². The molecule has 0 aromatic carbocycles. The monoisotopic (exact) mass is 267 g/mol. The number of aromatic nitrogens is 1. The molecule has 1 aromatic heterocycles. The minimum absolute atomic E-state index is 0.780. The summed E-state index contributed by atoms with van der Waals surface area (Å²) in [5, 5.41) is 4.22. The Kier molecular flexibility index (Phi) is 5.42. The van der Waals surface area contributed by atoms with E-state index in [1.54, 1.807) is 6.20 Å². The molecular formula is C14H22ClN3. The quantitative estimate of drug-likeness (QED) is 0.889. The smallest absolute Gasteiger partial charge is 0.0558 e. The standard InChI is InChI=1S/C14H22ClN3/c1-2-16-10-12-4-7-18(8-5-12)11-14-9-13(15)3-6-17-14/h3,6,9,12,16H,2,4-5,7-8,10-11H2,1H3. The third-order valence-electron chi connectivity index (χ3n) is 3.55. The second-order valence-corrected chi connectivity index (χ2v) is 5.43. The normalized spacial score (nSPS) is 18.1. The number of nitrogens with one attached hydrogen (secondary N) is 1. The molecule has 18 heavy (non-hydrogen) atoms. The molecule has 3 nitrogen and oxygen atoms in total. The topological polar surface area (TPSA) is 28.2 Å². The van der Waals surface area contributed by atoms with Crippen LogP contribution in [0.2, 0.25) is 5.02 Å². The van der Waals surface area contributed by atoms with Crippen LogP contribution in [0.1, 0.15) is 25.5 Å². The lowest BCUT2D eigenvalue weighted by molar-refractivity contribution is 0.174. The number of nitrogens with zero attached hydrogens (tertiary/aromatic N) is 2. The second kappa shape index (κ2) is 7.07. The lowest BCUT2D eigenvalue weighted by Crippen LogP contribution is -2.37. The number of likely N-dealkylation sites (tertiary alicyclic amines) is 1. The van der Waals surface area contributed by atoms with E-state index in [2.05, 4.69) is 22.1 Å². The average Bonchev–Trinajstić information content (AvgIpc) is 2.38. The Bertz CT molecular complexity index is 362. The van der Waals surface area contributed by atoms with Gasteiger partial charge in [-0.2, -0.15) is 0 Å². The van der Waals surface area contributed by atoms with Gasteiger partial charge in [0, 0.05) is 17.8 Å². The molecule has 0 radical (unpaired) electrons. The summed E-state index contributed by atoms with van der Waals surface area (Å²) in [6.07, 6.45) is 4.36. The van der Waals surface area contributed by atoms with Gasteiger partial charge in [0.05, 0.1) is 5.69 Å². The van der Waals surface area contributed by atoms with Gasteiger partial charge in [0.15, 0.2) is 0 Å². The molecule has 100 valence electrons. The highest BCUT2D eigenvalue weighted by Crippen LogP contribution is 2.18. The first-order valence-corrected chi connectivity index (χ1v) is 7.19. The van der Waals surface area contributed by atoms with Crippen LogP contribution < -0.4 is 5.32 Å². The van der Waals surface area contributed by atoms with Crippen molar-refractivity contribution in [2.75, 3.05) is 26.2 Å². The highest BCUT2D eigenvalue weighted by molar-refractivity contribution is 6.30. The Morgan fingerprint density at radius 3 is 2.89 bits per heavy atom. The number of halogens is 1. The predicted octanol–water partition coefficient (Wildman–Crippen LogP) is 2.56. The van der Waals surface area contributed by atoms with Crippen molar-refractivity contribution in [2.45, 2.75) is 26.3 Å². The summed E-state index contributed by atoms with van der Waals surface area (Å²) in [6.45, 7) is 7.68. The summed E-state index contributed by atoms with van der Waals surface area (Å²) in [7, 11) is 0. The summed E-state index contributed by atoms with van der Waals surface area (Å²) in [4.78, 5) is 6.84. The van der Waals surface area contributed by atoms with Crippen molar-refractivity contribution in [1.29, 1.82) is 0 Å². The molecule has 0 bridgehead atoms. The van der Waals surface area contributed by atoms with Crippen molar-refractivity contribution in [1.82, 2.24) is 15.2 Å². The molecule has 2 heterocycles. The highest BCUT2D eigenvalue weighted by atomic mass is 35.5. The van der Waals surface area contributed by atoms with Gasteiger partial charge >= 0.3 is 0 Å². The minimum atomic E-state index is 0.780. The van der Waals surface area contributed by atoms with Crippen molar-refractivity contribution >= 4 is 11.6 Å². The first-order valence-electron chi connectivity index (χ1n) is 6.81. The molecule has 0 aliphatic carbocycles. The van der Waals surface area contributed by atoms with E-state index in [9.17, 15) is 0 Å². The maximum absolute atomic E-state index is 5.98. The van der Waals surface area contributed by atoms with Crippen molar-refractivity contribution in [3.63, 3.8) is 0 Å². The van der Waals surface area contributed by atoms with Crippen LogP contribution in [0.15, 0.2) is 18.3 Å². The van der Waals surface area contributed by atoms with E-state index in [4.69, 9.17) is 11.6 Å². The van der Waals surface area contributed by atoms with E-state index in [1.165, 1.54) is 32.5 Å². The van der Waals surface area contributed by atoms with Crippen LogP contribution >= 0.6 is 11.6 Å². The molecule has 0 spiro atoms. The van der Waals surface area contributed by atoms with Crippen LogP contribution in [0.5, 0.6) is 0 Å². The molecule has 0 amide bonds.